The molecule has 0 spiro atoms. The average molecular weight is 204 g/mol. The van der Waals surface area contributed by atoms with E-state index in [0.29, 0.717) is 0 Å². The van der Waals surface area contributed by atoms with Crippen molar-refractivity contribution < 1.29 is 23.8 Å². The minimum absolute atomic E-state index is 0.196. The molecule has 1 unspecified atom stereocenters. The van der Waals surface area contributed by atoms with Crippen LogP contribution in [-0.4, -0.2) is 39.4 Å². The summed E-state index contributed by atoms with van der Waals surface area (Å²) in [6.07, 6.45) is 0.0637. The first kappa shape index (κ1) is 12.9. The lowest BCUT2D eigenvalue weighted by atomic mass is 10.0. The van der Waals surface area contributed by atoms with Gasteiger partial charge in [0.2, 0.25) is 0 Å². The van der Waals surface area contributed by atoms with Crippen LogP contribution in [0.3, 0.4) is 0 Å². The molecular weight excluding hydrogens is 188 g/mol. The fourth-order valence-electron chi connectivity index (χ4n) is 1.00. The second-order valence-corrected chi connectivity index (χ2v) is 2.88. The zero-order chi connectivity index (χ0) is 11.1. The van der Waals surface area contributed by atoms with E-state index in [1.165, 1.54) is 21.3 Å². The molecule has 0 amide bonds. The molecule has 0 N–H and O–H groups in total. The summed E-state index contributed by atoms with van der Waals surface area (Å²) in [5.74, 6) is -2.10. The molecular formula is C9H16O5. The van der Waals surface area contributed by atoms with Gasteiger partial charge in [0.05, 0.1) is 20.3 Å². The molecule has 0 heterocycles. The van der Waals surface area contributed by atoms with Crippen LogP contribution in [0, 0.1) is 5.92 Å². The summed E-state index contributed by atoms with van der Waals surface area (Å²) in [7, 11) is 3.97. The zero-order valence-corrected chi connectivity index (χ0v) is 8.90. The molecule has 0 aromatic carbocycles. The van der Waals surface area contributed by atoms with Gasteiger partial charge in [-0.05, 0) is 13.3 Å². The normalized spacial score (nSPS) is 12.4. The van der Waals surface area contributed by atoms with Crippen molar-refractivity contribution in [2.75, 3.05) is 21.3 Å². The maximum atomic E-state index is 11.2. The molecule has 0 saturated carbocycles. The van der Waals surface area contributed by atoms with Crippen molar-refractivity contribution in [2.45, 2.75) is 19.4 Å². The molecule has 1 atom stereocenters. The quantitative estimate of drug-likeness (QED) is 0.478. The van der Waals surface area contributed by atoms with E-state index in [1.54, 1.807) is 6.92 Å². The Balaban J connectivity index is 4.40. The first-order valence-corrected chi connectivity index (χ1v) is 4.25. The van der Waals surface area contributed by atoms with Crippen molar-refractivity contribution in [3.05, 3.63) is 0 Å². The SMILES string of the molecule is COC(=O)C(CC(C)OC)C(=O)OC. The summed E-state index contributed by atoms with van der Waals surface area (Å²) >= 11 is 0. The highest BCUT2D eigenvalue weighted by Crippen LogP contribution is 2.12. The van der Waals surface area contributed by atoms with Crippen molar-refractivity contribution in [1.29, 1.82) is 0 Å². The van der Waals surface area contributed by atoms with Crippen LogP contribution in [0.15, 0.2) is 0 Å². The predicted molar refractivity (Wildman–Crippen MR) is 48.6 cm³/mol. The third-order valence-corrected chi connectivity index (χ3v) is 1.94. The molecule has 0 aliphatic rings. The van der Waals surface area contributed by atoms with E-state index >= 15 is 0 Å². The van der Waals surface area contributed by atoms with E-state index in [-0.39, 0.29) is 12.5 Å². The molecule has 5 heteroatoms. The number of hydrogen-bond donors (Lipinski definition) is 0. The van der Waals surface area contributed by atoms with Gasteiger partial charge in [0.1, 0.15) is 0 Å². The third-order valence-electron chi connectivity index (χ3n) is 1.94. The first-order valence-electron chi connectivity index (χ1n) is 4.25. The van der Waals surface area contributed by atoms with Crippen molar-refractivity contribution in [3.63, 3.8) is 0 Å². The van der Waals surface area contributed by atoms with Gasteiger partial charge in [0.15, 0.2) is 5.92 Å². The van der Waals surface area contributed by atoms with Crippen LogP contribution in [0.5, 0.6) is 0 Å². The van der Waals surface area contributed by atoms with Gasteiger partial charge in [-0.15, -0.1) is 0 Å². The summed E-state index contributed by atoms with van der Waals surface area (Å²) in [5.41, 5.74) is 0. The molecule has 0 bridgehead atoms. The monoisotopic (exact) mass is 204 g/mol. The largest absolute Gasteiger partial charge is 0.468 e. The minimum Gasteiger partial charge on any atom is -0.468 e. The van der Waals surface area contributed by atoms with Crippen LogP contribution >= 0.6 is 0 Å². The van der Waals surface area contributed by atoms with E-state index < -0.39 is 17.9 Å². The number of hydrogen-bond acceptors (Lipinski definition) is 5. The summed E-state index contributed by atoms with van der Waals surface area (Å²) in [6.45, 7) is 1.76. The molecule has 0 saturated heterocycles. The van der Waals surface area contributed by atoms with E-state index in [1.807, 2.05) is 0 Å². The van der Waals surface area contributed by atoms with E-state index in [0.717, 1.165) is 0 Å². The molecule has 0 fully saturated rings. The highest BCUT2D eigenvalue weighted by atomic mass is 16.5. The standard InChI is InChI=1S/C9H16O5/c1-6(12-2)5-7(8(10)13-3)9(11)14-4/h6-7H,5H2,1-4H3. The summed E-state index contributed by atoms with van der Waals surface area (Å²) in [5, 5.41) is 0. The Hall–Kier alpha value is -1.10. The van der Waals surface area contributed by atoms with Gasteiger partial charge in [0.25, 0.3) is 0 Å². The Kier molecular flexibility index (Phi) is 5.87. The lowest BCUT2D eigenvalue weighted by molar-refractivity contribution is -0.160. The predicted octanol–water partition coefficient (Wildman–Crippen LogP) is 0.374. The van der Waals surface area contributed by atoms with Crippen LogP contribution in [0.2, 0.25) is 0 Å². The van der Waals surface area contributed by atoms with E-state index in [9.17, 15) is 9.59 Å². The number of esters is 2. The molecule has 0 radical (unpaired) electrons. The second-order valence-electron chi connectivity index (χ2n) is 2.88. The number of methoxy groups -OCH3 is 3. The Morgan fingerprint density at radius 2 is 1.50 bits per heavy atom. The fourth-order valence-corrected chi connectivity index (χ4v) is 1.00. The lowest BCUT2D eigenvalue weighted by Crippen LogP contribution is -2.30. The van der Waals surface area contributed by atoms with Gasteiger partial charge in [-0.1, -0.05) is 0 Å². The molecule has 0 rings (SSSR count). The summed E-state index contributed by atoms with van der Waals surface area (Å²) < 4.78 is 13.9. The van der Waals surface area contributed by atoms with Crippen molar-refractivity contribution >= 4 is 11.9 Å². The maximum Gasteiger partial charge on any atom is 0.320 e. The maximum absolute atomic E-state index is 11.2. The molecule has 0 aliphatic heterocycles. The molecule has 0 aromatic heterocycles. The third kappa shape index (κ3) is 3.74. The Morgan fingerprint density at radius 3 is 1.79 bits per heavy atom. The lowest BCUT2D eigenvalue weighted by Gasteiger charge is -2.15. The summed E-state index contributed by atoms with van der Waals surface area (Å²) in [6, 6.07) is 0. The molecule has 14 heavy (non-hydrogen) atoms. The van der Waals surface area contributed by atoms with Gasteiger partial charge in [-0.3, -0.25) is 9.59 Å². The second kappa shape index (κ2) is 6.37. The highest BCUT2D eigenvalue weighted by molar-refractivity contribution is 5.94. The smallest absolute Gasteiger partial charge is 0.320 e. The molecule has 0 aromatic rings. The van der Waals surface area contributed by atoms with Gasteiger partial charge in [0, 0.05) is 7.11 Å². The number of carbonyl (C=O) groups is 2. The Labute approximate surface area is 83.3 Å². The molecule has 5 nitrogen and oxygen atoms in total. The zero-order valence-electron chi connectivity index (χ0n) is 8.90. The topological polar surface area (TPSA) is 61.8 Å². The molecule has 0 aliphatic carbocycles. The minimum atomic E-state index is -0.903. The van der Waals surface area contributed by atoms with Gasteiger partial charge in [-0.2, -0.15) is 0 Å². The number of rotatable bonds is 5. The van der Waals surface area contributed by atoms with Gasteiger partial charge >= 0.3 is 11.9 Å². The molecule has 82 valence electrons. The van der Waals surface area contributed by atoms with Crippen LogP contribution in [0.1, 0.15) is 13.3 Å². The Bertz CT molecular complexity index is 185. The first-order chi connectivity index (χ1) is 6.56. The Morgan fingerprint density at radius 1 is 1.07 bits per heavy atom. The van der Waals surface area contributed by atoms with Crippen LogP contribution in [-0.2, 0) is 23.8 Å². The van der Waals surface area contributed by atoms with E-state index in [2.05, 4.69) is 9.47 Å². The van der Waals surface area contributed by atoms with Crippen LogP contribution < -0.4 is 0 Å². The number of ether oxygens (including phenoxy) is 3. The summed E-state index contributed by atoms with van der Waals surface area (Å²) in [4.78, 5) is 22.4. The van der Waals surface area contributed by atoms with Gasteiger partial charge < -0.3 is 14.2 Å². The van der Waals surface area contributed by atoms with Crippen LogP contribution in [0.25, 0.3) is 0 Å². The van der Waals surface area contributed by atoms with Crippen LogP contribution in [0.4, 0.5) is 0 Å². The van der Waals surface area contributed by atoms with E-state index in [4.69, 9.17) is 4.74 Å². The van der Waals surface area contributed by atoms with Gasteiger partial charge in [-0.25, -0.2) is 0 Å². The average Bonchev–Trinajstić information content (AvgIpc) is 2.23. The van der Waals surface area contributed by atoms with Crippen molar-refractivity contribution in [1.82, 2.24) is 0 Å². The highest BCUT2D eigenvalue weighted by Gasteiger charge is 2.30. The van der Waals surface area contributed by atoms with Crippen molar-refractivity contribution in [3.8, 4) is 0 Å². The number of carbonyl (C=O) groups excluding carboxylic acids is 2. The van der Waals surface area contributed by atoms with Crippen molar-refractivity contribution in [2.24, 2.45) is 5.92 Å². The fraction of sp³-hybridized carbons (Fsp3) is 0.778.